The summed E-state index contributed by atoms with van der Waals surface area (Å²) in [5, 5.41) is 2.61. The zero-order valence-corrected chi connectivity index (χ0v) is 16.4. The van der Waals surface area contributed by atoms with E-state index in [2.05, 4.69) is 10.2 Å². The van der Waals surface area contributed by atoms with Gasteiger partial charge in [0.15, 0.2) is 0 Å². The molecule has 1 aliphatic heterocycles. The fourth-order valence-corrected chi connectivity index (χ4v) is 4.50. The second kappa shape index (κ2) is 8.91. The van der Waals surface area contributed by atoms with E-state index >= 15 is 0 Å². The number of anilines is 1. The Hall–Kier alpha value is -2.47. The first-order chi connectivity index (χ1) is 14.1. The molecule has 154 valence electrons. The van der Waals surface area contributed by atoms with Gasteiger partial charge in [-0.25, -0.2) is 8.78 Å². The molecule has 2 aliphatic rings. The van der Waals surface area contributed by atoms with Crippen molar-refractivity contribution in [3.63, 3.8) is 0 Å². The van der Waals surface area contributed by atoms with Crippen LogP contribution >= 0.6 is 0 Å². The third-order valence-corrected chi connectivity index (χ3v) is 5.98. The summed E-state index contributed by atoms with van der Waals surface area (Å²) >= 11 is 0. The van der Waals surface area contributed by atoms with Crippen LogP contribution in [0, 0.1) is 23.5 Å². The molecule has 1 N–H and O–H groups in total. The molecule has 1 heterocycles. The lowest BCUT2D eigenvalue weighted by atomic mass is 10.0. The average Bonchev–Trinajstić information content (AvgIpc) is 3.28. The number of carbonyl (C=O) groups is 1. The van der Waals surface area contributed by atoms with E-state index in [1.54, 1.807) is 24.3 Å². The summed E-state index contributed by atoms with van der Waals surface area (Å²) in [4.78, 5) is 14.7. The van der Waals surface area contributed by atoms with Crippen LogP contribution in [0.2, 0.25) is 0 Å². The van der Waals surface area contributed by atoms with E-state index < -0.39 is 17.5 Å². The number of carbonyl (C=O) groups excluding carboxylic acids is 1. The van der Waals surface area contributed by atoms with E-state index in [1.165, 1.54) is 32.4 Å². The van der Waals surface area contributed by atoms with Crippen molar-refractivity contribution in [3.8, 4) is 5.75 Å². The highest BCUT2D eigenvalue weighted by Crippen LogP contribution is 2.37. The van der Waals surface area contributed by atoms with Gasteiger partial charge in [0.1, 0.15) is 17.4 Å². The molecule has 1 saturated heterocycles. The van der Waals surface area contributed by atoms with Crippen LogP contribution in [-0.2, 0) is 0 Å². The fourth-order valence-electron chi connectivity index (χ4n) is 4.50. The smallest absolute Gasteiger partial charge is 0.258 e. The number of rotatable bonds is 7. The van der Waals surface area contributed by atoms with Crippen LogP contribution in [0.1, 0.15) is 36.0 Å². The Morgan fingerprint density at radius 2 is 1.79 bits per heavy atom. The maximum atomic E-state index is 13.7. The van der Waals surface area contributed by atoms with Gasteiger partial charge in [0.05, 0.1) is 12.2 Å². The zero-order chi connectivity index (χ0) is 20.2. The van der Waals surface area contributed by atoms with Crippen molar-refractivity contribution >= 4 is 11.6 Å². The summed E-state index contributed by atoms with van der Waals surface area (Å²) in [6.45, 7) is 4.21. The first-order valence-electron chi connectivity index (χ1n) is 10.3. The Morgan fingerprint density at radius 1 is 1.07 bits per heavy atom. The van der Waals surface area contributed by atoms with Crippen molar-refractivity contribution in [2.75, 3.05) is 31.6 Å². The van der Waals surface area contributed by atoms with Crippen molar-refractivity contribution in [2.45, 2.75) is 25.7 Å². The molecule has 6 heteroatoms. The third kappa shape index (κ3) is 4.93. The number of fused-ring (bicyclic) bond motifs is 1. The van der Waals surface area contributed by atoms with Crippen molar-refractivity contribution in [1.82, 2.24) is 4.90 Å². The molecule has 29 heavy (non-hydrogen) atoms. The quantitative estimate of drug-likeness (QED) is 0.684. The molecule has 1 aliphatic carbocycles. The molecule has 1 amide bonds. The molecule has 2 atom stereocenters. The van der Waals surface area contributed by atoms with E-state index in [1.807, 2.05) is 0 Å². The lowest BCUT2D eigenvalue weighted by molar-refractivity contribution is 0.102. The van der Waals surface area contributed by atoms with Crippen molar-refractivity contribution in [3.05, 3.63) is 59.7 Å². The minimum atomic E-state index is -0.885. The Labute approximate surface area is 169 Å². The Bertz CT molecular complexity index is 844. The van der Waals surface area contributed by atoms with Gasteiger partial charge in [-0.3, -0.25) is 4.79 Å². The second-order valence-corrected chi connectivity index (χ2v) is 8.02. The summed E-state index contributed by atoms with van der Waals surface area (Å²) < 4.78 is 32.5. The number of amides is 1. The van der Waals surface area contributed by atoms with E-state index in [0.29, 0.717) is 18.4 Å². The van der Waals surface area contributed by atoms with Crippen LogP contribution < -0.4 is 10.1 Å². The van der Waals surface area contributed by atoms with Gasteiger partial charge in [-0.1, -0.05) is 6.42 Å². The summed E-state index contributed by atoms with van der Waals surface area (Å²) in [7, 11) is 0. The summed E-state index contributed by atoms with van der Waals surface area (Å²) in [5.74, 6) is 0.349. The predicted molar refractivity (Wildman–Crippen MR) is 108 cm³/mol. The third-order valence-electron chi connectivity index (χ3n) is 5.98. The van der Waals surface area contributed by atoms with E-state index in [9.17, 15) is 13.6 Å². The first-order valence-corrected chi connectivity index (χ1v) is 10.3. The molecule has 0 radical (unpaired) electrons. The number of likely N-dealkylation sites (tertiary alicyclic amines) is 1. The molecule has 4 rings (SSSR count). The highest BCUT2D eigenvalue weighted by molar-refractivity contribution is 6.04. The molecule has 2 fully saturated rings. The van der Waals surface area contributed by atoms with Gasteiger partial charge in [0.2, 0.25) is 0 Å². The minimum absolute atomic E-state index is 0.197. The molecule has 2 aromatic carbocycles. The molecule has 1 saturated carbocycles. The topological polar surface area (TPSA) is 41.6 Å². The monoisotopic (exact) mass is 400 g/mol. The number of halogens is 2. The molecular formula is C23H26F2N2O2. The minimum Gasteiger partial charge on any atom is -0.494 e. The standard InChI is InChI=1S/C23H26F2N2O2/c24-18-5-10-21(22(25)13-18)23(28)26-19-6-8-20(9-7-19)29-12-2-11-27-14-16-3-1-4-17(16)15-27/h5-10,13,16-17H,1-4,11-12,14-15H2,(H,26,28). The highest BCUT2D eigenvalue weighted by atomic mass is 19.1. The van der Waals surface area contributed by atoms with Crippen molar-refractivity contribution in [2.24, 2.45) is 11.8 Å². The molecule has 0 spiro atoms. The molecule has 2 aromatic rings. The number of benzene rings is 2. The predicted octanol–water partition coefficient (Wildman–Crippen LogP) is 4.72. The van der Waals surface area contributed by atoms with Crippen LogP contribution in [0.15, 0.2) is 42.5 Å². The molecule has 0 bridgehead atoms. The largest absolute Gasteiger partial charge is 0.494 e. The SMILES string of the molecule is O=C(Nc1ccc(OCCCN2CC3CCCC3C2)cc1)c1ccc(F)cc1F. The Morgan fingerprint density at radius 3 is 2.48 bits per heavy atom. The first kappa shape index (κ1) is 19.8. The van der Waals surface area contributed by atoms with Gasteiger partial charge in [-0.2, -0.15) is 0 Å². The van der Waals surface area contributed by atoms with E-state index in [4.69, 9.17) is 4.74 Å². The van der Waals surface area contributed by atoms with Crippen LogP contribution in [0.4, 0.5) is 14.5 Å². The van der Waals surface area contributed by atoms with E-state index in [0.717, 1.165) is 42.7 Å². The van der Waals surface area contributed by atoms with Gasteiger partial charge < -0.3 is 15.0 Å². The van der Waals surface area contributed by atoms with Crippen LogP contribution in [0.5, 0.6) is 5.75 Å². The van der Waals surface area contributed by atoms with Crippen molar-refractivity contribution in [1.29, 1.82) is 0 Å². The number of ether oxygens (including phenoxy) is 1. The second-order valence-electron chi connectivity index (χ2n) is 8.02. The van der Waals surface area contributed by atoms with Crippen LogP contribution in [0.25, 0.3) is 0 Å². The molecule has 2 unspecified atom stereocenters. The van der Waals surface area contributed by atoms with Crippen LogP contribution in [-0.4, -0.2) is 37.0 Å². The zero-order valence-electron chi connectivity index (χ0n) is 16.4. The Balaban J connectivity index is 1.20. The van der Waals surface area contributed by atoms with Gasteiger partial charge in [0, 0.05) is 31.4 Å². The van der Waals surface area contributed by atoms with Crippen LogP contribution in [0.3, 0.4) is 0 Å². The summed E-state index contributed by atoms with van der Waals surface area (Å²) in [5.41, 5.74) is 0.326. The lowest BCUT2D eigenvalue weighted by Gasteiger charge is -2.16. The fraction of sp³-hybridized carbons (Fsp3) is 0.435. The number of nitrogens with zero attached hydrogens (tertiary/aromatic N) is 1. The summed E-state index contributed by atoms with van der Waals surface area (Å²) in [6, 6.07) is 9.84. The molecular weight excluding hydrogens is 374 g/mol. The average molecular weight is 400 g/mol. The highest BCUT2D eigenvalue weighted by Gasteiger charge is 2.35. The van der Waals surface area contributed by atoms with E-state index in [-0.39, 0.29) is 5.56 Å². The van der Waals surface area contributed by atoms with Gasteiger partial charge in [0.25, 0.3) is 5.91 Å². The Kier molecular flexibility index (Phi) is 6.09. The number of nitrogens with one attached hydrogen (secondary N) is 1. The lowest BCUT2D eigenvalue weighted by Crippen LogP contribution is -2.24. The number of hydrogen-bond donors (Lipinski definition) is 1. The van der Waals surface area contributed by atoms with Crippen molar-refractivity contribution < 1.29 is 18.3 Å². The normalized spacial score (nSPS) is 21.2. The molecule has 4 nitrogen and oxygen atoms in total. The number of hydrogen-bond acceptors (Lipinski definition) is 3. The summed E-state index contributed by atoms with van der Waals surface area (Å²) in [6.07, 6.45) is 5.19. The van der Waals surface area contributed by atoms with Gasteiger partial charge >= 0.3 is 0 Å². The van der Waals surface area contributed by atoms with Gasteiger partial charge in [-0.15, -0.1) is 0 Å². The maximum Gasteiger partial charge on any atom is 0.258 e. The maximum absolute atomic E-state index is 13.7. The molecule has 0 aromatic heterocycles. The van der Waals surface area contributed by atoms with Gasteiger partial charge in [-0.05, 0) is 67.5 Å².